The van der Waals surface area contributed by atoms with Crippen molar-refractivity contribution in [2.75, 3.05) is 13.9 Å². The van der Waals surface area contributed by atoms with Crippen molar-refractivity contribution in [2.45, 2.75) is 6.42 Å². The standard InChI is InChI=1S/C18H17NO3/c1-21-12-22-18-11-15(20)7-6-14(18)10-17-16-5-3-2-4-13(16)8-9-19-17/h2-9,11,20H,10,12H2,1H3. The Morgan fingerprint density at radius 3 is 2.82 bits per heavy atom. The summed E-state index contributed by atoms with van der Waals surface area (Å²) in [5, 5.41) is 11.9. The van der Waals surface area contributed by atoms with E-state index in [1.165, 1.54) is 0 Å². The average Bonchev–Trinajstić information content (AvgIpc) is 2.55. The smallest absolute Gasteiger partial charge is 0.188 e. The van der Waals surface area contributed by atoms with Crippen molar-refractivity contribution in [1.29, 1.82) is 0 Å². The number of nitrogens with zero attached hydrogens (tertiary/aromatic N) is 1. The summed E-state index contributed by atoms with van der Waals surface area (Å²) in [4.78, 5) is 4.50. The van der Waals surface area contributed by atoms with E-state index in [9.17, 15) is 5.11 Å². The van der Waals surface area contributed by atoms with Crippen LogP contribution in [0.4, 0.5) is 0 Å². The van der Waals surface area contributed by atoms with E-state index in [2.05, 4.69) is 17.1 Å². The first kappa shape index (κ1) is 14.4. The molecule has 3 rings (SSSR count). The first-order chi connectivity index (χ1) is 10.8. The number of pyridine rings is 1. The Bertz CT molecular complexity index is 781. The molecule has 0 saturated carbocycles. The zero-order valence-corrected chi connectivity index (χ0v) is 12.3. The molecular formula is C18H17NO3. The van der Waals surface area contributed by atoms with Gasteiger partial charge in [0.1, 0.15) is 11.5 Å². The van der Waals surface area contributed by atoms with Crippen molar-refractivity contribution in [3.63, 3.8) is 0 Å². The number of benzene rings is 2. The minimum absolute atomic E-state index is 0.138. The van der Waals surface area contributed by atoms with Crippen LogP contribution in [0.25, 0.3) is 10.8 Å². The van der Waals surface area contributed by atoms with Gasteiger partial charge in [-0.2, -0.15) is 0 Å². The minimum Gasteiger partial charge on any atom is -0.508 e. The normalized spacial score (nSPS) is 10.8. The molecule has 3 aromatic rings. The monoisotopic (exact) mass is 295 g/mol. The fourth-order valence-corrected chi connectivity index (χ4v) is 2.45. The first-order valence-corrected chi connectivity index (χ1v) is 7.04. The number of aromatic nitrogens is 1. The molecule has 0 aliphatic rings. The number of methoxy groups -OCH3 is 1. The summed E-state index contributed by atoms with van der Waals surface area (Å²) in [6, 6.07) is 15.3. The first-order valence-electron chi connectivity index (χ1n) is 7.04. The lowest BCUT2D eigenvalue weighted by Gasteiger charge is -2.12. The average molecular weight is 295 g/mol. The van der Waals surface area contributed by atoms with Crippen molar-refractivity contribution in [3.05, 3.63) is 66.0 Å². The van der Waals surface area contributed by atoms with Gasteiger partial charge < -0.3 is 14.6 Å². The lowest BCUT2D eigenvalue weighted by molar-refractivity contribution is 0.0503. The molecule has 4 nitrogen and oxygen atoms in total. The number of hydrogen-bond donors (Lipinski definition) is 1. The van der Waals surface area contributed by atoms with Crippen molar-refractivity contribution in [1.82, 2.24) is 4.98 Å². The van der Waals surface area contributed by atoms with E-state index in [-0.39, 0.29) is 12.5 Å². The molecule has 0 spiro atoms. The number of rotatable bonds is 5. The number of fused-ring (bicyclic) bond motifs is 1. The Kier molecular flexibility index (Phi) is 4.21. The van der Waals surface area contributed by atoms with E-state index in [1.54, 1.807) is 19.2 Å². The quantitative estimate of drug-likeness (QED) is 0.732. The van der Waals surface area contributed by atoms with Gasteiger partial charge in [0.25, 0.3) is 0 Å². The van der Waals surface area contributed by atoms with Gasteiger partial charge in [0.05, 0.1) is 5.69 Å². The van der Waals surface area contributed by atoms with Gasteiger partial charge in [-0.25, -0.2) is 0 Å². The second-order valence-corrected chi connectivity index (χ2v) is 5.00. The number of aromatic hydroxyl groups is 1. The summed E-state index contributed by atoms with van der Waals surface area (Å²) in [5.41, 5.74) is 1.93. The molecule has 0 atom stereocenters. The minimum atomic E-state index is 0.138. The third-order valence-corrected chi connectivity index (χ3v) is 3.50. The molecule has 1 N–H and O–H groups in total. The molecule has 0 aliphatic carbocycles. The molecule has 1 aromatic heterocycles. The predicted octanol–water partition coefficient (Wildman–Crippen LogP) is 3.51. The van der Waals surface area contributed by atoms with E-state index in [0.29, 0.717) is 12.2 Å². The van der Waals surface area contributed by atoms with Gasteiger partial charge in [-0.05, 0) is 17.5 Å². The second kappa shape index (κ2) is 6.45. The highest BCUT2D eigenvalue weighted by molar-refractivity contribution is 5.84. The molecule has 0 fully saturated rings. The van der Waals surface area contributed by atoms with E-state index in [4.69, 9.17) is 9.47 Å². The Balaban J connectivity index is 1.98. The summed E-state index contributed by atoms with van der Waals surface area (Å²) in [5.74, 6) is 0.775. The largest absolute Gasteiger partial charge is 0.508 e. The summed E-state index contributed by atoms with van der Waals surface area (Å²) in [6.07, 6.45) is 2.44. The van der Waals surface area contributed by atoms with E-state index in [1.807, 2.05) is 30.5 Å². The fourth-order valence-electron chi connectivity index (χ4n) is 2.45. The Morgan fingerprint density at radius 1 is 1.09 bits per heavy atom. The molecule has 1 heterocycles. The van der Waals surface area contributed by atoms with Gasteiger partial charge in [0.2, 0.25) is 0 Å². The molecule has 0 aliphatic heterocycles. The highest BCUT2D eigenvalue weighted by Crippen LogP contribution is 2.28. The molecular weight excluding hydrogens is 278 g/mol. The molecule has 4 heteroatoms. The maximum Gasteiger partial charge on any atom is 0.188 e. The highest BCUT2D eigenvalue weighted by atomic mass is 16.7. The van der Waals surface area contributed by atoms with Crippen LogP contribution in [-0.2, 0) is 11.2 Å². The lowest BCUT2D eigenvalue weighted by atomic mass is 10.0. The van der Waals surface area contributed by atoms with Crippen LogP contribution in [0.1, 0.15) is 11.3 Å². The summed E-state index contributed by atoms with van der Waals surface area (Å²) in [7, 11) is 1.56. The van der Waals surface area contributed by atoms with Crippen LogP contribution in [-0.4, -0.2) is 24.0 Å². The van der Waals surface area contributed by atoms with Crippen LogP contribution < -0.4 is 4.74 Å². The maximum absolute atomic E-state index is 9.64. The Hall–Kier alpha value is -2.59. The molecule has 0 bridgehead atoms. The third kappa shape index (κ3) is 3.02. The number of ether oxygens (including phenoxy) is 2. The van der Waals surface area contributed by atoms with Crippen LogP contribution in [0.2, 0.25) is 0 Å². The molecule has 0 saturated heterocycles. The molecule has 0 unspecified atom stereocenters. The Morgan fingerprint density at radius 2 is 1.95 bits per heavy atom. The number of phenolic OH excluding ortho intramolecular Hbond substituents is 1. The van der Waals surface area contributed by atoms with Gasteiger partial charge in [0, 0.05) is 36.7 Å². The van der Waals surface area contributed by atoms with Gasteiger partial charge >= 0.3 is 0 Å². The zero-order chi connectivity index (χ0) is 15.4. The number of hydrogen-bond acceptors (Lipinski definition) is 4. The van der Waals surface area contributed by atoms with Crippen molar-refractivity contribution in [3.8, 4) is 11.5 Å². The number of phenols is 1. The highest BCUT2D eigenvalue weighted by Gasteiger charge is 2.09. The van der Waals surface area contributed by atoms with Gasteiger partial charge in [-0.1, -0.05) is 30.3 Å². The summed E-state index contributed by atoms with van der Waals surface area (Å²) < 4.78 is 10.5. The second-order valence-electron chi connectivity index (χ2n) is 5.00. The molecule has 112 valence electrons. The fraction of sp³-hybridized carbons (Fsp3) is 0.167. The lowest BCUT2D eigenvalue weighted by Crippen LogP contribution is -2.03. The predicted molar refractivity (Wildman–Crippen MR) is 85.2 cm³/mol. The van der Waals surface area contributed by atoms with Crippen LogP contribution in [0.5, 0.6) is 11.5 Å². The molecule has 0 amide bonds. The van der Waals surface area contributed by atoms with Crippen molar-refractivity contribution >= 4 is 10.8 Å². The van der Waals surface area contributed by atoms with Crippen LogP contribution in [0, 0.1) is 0 Å². The van der Waals surface area contributed by atoms with Gasteiger partial charge in [0.15, 0.2) is 6.79 Å². The van der Waals surface area contributed by atoms with E-state index < -0.39 is 0 Å². The SMILES string of the molecule is COCOc1cc(O)ccc1Cc1nccc2ccccc12. The van der Waals surface area contributed by atoms with Gasteiger partial charge in [-0.3, -0.25) is 4.98 Å². The zero-order valence-electron chi connectivity index (χ0n) is 12.3. The molecule has 22 heavy (non-hydrogen) atoms. The van der Waals surface area contributed by atoms with Crippen molar-refractivity contribution < 1.29 is 14.6 Å². The molecule has 0 radical (unpaired) electrons. The van der Waals surface area contributed by atoms with E-state index in [0.717, 1.165) is 22.0 Å². The van der Waals surface area contributed by atoms with E-state index >= 15 is 0 Å². The summed E-state index contributed by atoms with van der Waals surface area (Å²) in [6.45, 7) is 0.138. The van der Waals surface area contributed by atoms with Crippen LogP contribution >= 0.6 is 0 Å². The Labute approximate surface area is 129 Å². The van der Waals surface area contributed by atoms with Crippen LogP contribution in [0.3, 0.4) is 0 Å². The maximum atomic E-state index is 9.64. The van der Waals surface area contributed by atoms with Gasteiger partial charge in [-0.15, -0.1) is 0 Å². The van der Waals surface area contributed by atoms with Crippen LogP contribution in [0.15, 0.2) is 54.7 Å². The van der Waals surface area contributed by atoms with Crippen molar-refractivity contribution in [2.24, 2.45) is 0 Å². The third-order valence-electron chi connectivity index (χ3n) is 3.50. The molecule has 2 aromatic carbocycles. The summed E-state index contributed by atoms with van der Waals surface area (Å²) >= 11 is 0. The topological polar surface area (TPSA) is 51.6 Å².